The van der Waals surface area contributed by atoms with Crippen LogP contribution in [0.4, 0.5) is 5.69 Å². The van der Waals surface area contributed by atoms with Gasteiger partial charge in [-0.2, -0.15) is 0 Å². The van der Waals surface area contributed by atoms with E-state index in [9.17, 15) is 4.79 Å². The van der Waals surface area contributed by atoms with Gasteiger partial charge in [-0.15, -0.1) is 11.6 Å². The van der Waals surface area contributed by atoms with Crippen LogP contribution in [-0.4, -0.2) is 5.91 Å². The third-order valence-electron chi connectivity index (χ3n) is 4.93. The Kier molecular flexibility index (Phi) is 3.76. The molecule has 2 nitrogen and oxygen atoms in total. The van der Waals surface area contributed by atoms with Crippen LogP contribution in [0.25, 0.3) is 0 Å². The molecule has 1 amide bonds. The number of hydrogen-bond acceptors (Lipinski definition) is 1. The number of carbonyl (C=O) groups excluding carboxylic acids is 1. The molecule has 20 heavy (non-hydrogen) atoms. The van der Waals surface area contributed by atoms with Crippen molar-refractivity contribution in [1.29, 1.82) is 0 Å². The molecule has 0 radical (unpaired) electrons. The minimum atomic E-state index is 0.0747. The van der Waals surface area contributed by atoms with Crippen molar-refractivity contribution in [2.24, 2.45) is 5.41 Å². The van der Waals surface area contributed by atoms with Gasteiger partial charge in [-0.05, 0) is 41.9 Å². The fraction of sp³-hybridized carbons (Fsp3) is 0.588. The predicted octanol–water partition coefficient (Wildman–Crippen LogP) is 4.82. The summed E-state index contributed by atoms with van der Waals surface area (Å²) < 4.78 is 0. The van der Waals surface area contributed by atoms with E-state index in [2.05, 4.69) is 24.4 Å². The SMILES string of the molecule is CC1(C(Cl)c2ccc3c(c2)CCC(=O)N3)CCCCC1. The largest absolute Gasteiger partial charge is 0.326 e. The lowest BCUT2D eigenvalue weighted by Gasteiger charge is -2.38. The molecule has 1 aromatic carbocycles. The minimum absolute atomic E-state index is 0.0747. The molecule has 3 rings (SSSR count). The number of rotatable bonds is 2. The molecule has 1 aromatic rings. The zero-order valence-corrected chi connectivity index (χ0v) is 12.8. The van der Waals surface area contributed by atoms with Crippen molar-refractivity contribution in [3.8, 4) is 0 Å². The second-order valence-electron chi connectivity index (χ2n) is 6.54. The number of fused-ring (bicyclic) bond motifs is 1. The van der Waals surface area contributed by atoms with Crippen LogP contribution in [0.15, 0.2) is 18.2 Å². The number of aryl methyl sites for hydroxylation is 1. The minimum Gasteiger partial charge on any atom is -0.326 e. The molecule has 0 bridgehead atoms. The Bertz CT molecular complexity index is 520. The van der Waals surface area contributed by atoms with Gasteiger partial charge < -0.3 is 5.32 Å². The van der Waals surface area contributed by atoms with Crippen LogP contribution < -0.4 is 5.32 Å². The van der Waals surface area contributed by atoms with Gasteiger partial charge in [-0.25, -0.2) is 0 Å². The molecule has 2 aliphatic rings. The Morgan fingerprint density at radius 3 is 2.70 bits per heavy atom. The van der Waals surface area contributed by atoms with E-state index < -0.39 is 0 Å². The highest BCUT2D eigenvalue weighted by Gasteiger charge is 2.35. The molecule has 3 heteroatoms. The molecule has 0 spiro atoms. The summed E-state index contributed by atoms with van der Waals surface area (Å²) in [6, 6.07) is 6.30. The summed E-state index contributed by atoms with van der Waals surface area (Å²) in [6.45, 7) is 2.32. The highest BCUT2D eigenvalue weighted by atomic mass is 35.5. The standard InChI is InChI=1S/C17H22ClNO/c1-17(9-3-2-4-10-17)16(18)13-5-7-14-12(11-13)6-8-15(20)19-14/h5,7,11,16H,2-4,6,8-10H2,1H3,(H,19,20). The van der Waals surface area contributed by atoms with Gasteiger partial charge in [0.1, 0.15) is 0 Å². The highest BCUT2D eigenvalue weighted by molar-refractivity contribution is 6.21. The van der Waals surface area contributed by atoms with Crippen molar-refractivity contribution in [3.63, 3.8) is 0 Å². The molecule has 1 N–H and O–H groups in total. The fourth-order valence-electron chi connectivity index (χ4n) is 3.58. The average molecular weight is 292 g/mol. The number of hydrogen-bond donors (Lipinski definition) is 1. The number of halogens is 1. The first-order chi connectivity index (χ1) is 9.58. The van der Waals surface area contributed by atoms with Crippen LogP contribution in [0.1, 0.15) is 62.0 Å². The van der Waals surface area contributed by atoms with Gasteiger partial charge in [0.25, 0.3) is 0 Å². The van der Waals surface area contributed by atoms with Crippen molar-refractivity contribution in [3.05, 3.63) is 29.3 Å². The molecular weight excluding hydrogens is 270 g/mol. The van der Waals surface area contributed by atoms with Crippen LogP contribution in [0.5, 0.6) is 0 Å². The maximum Gasteiger partial charge on any atom is 0.224 e. The number of alkyl halides is 1. The first-order valence-electron chi connectivity index (χ1n) is 7.65. The van der Waals surface area contributed by atoms with Gasteiger partial charge >= 0.3 is 0 Å². The van der Waals surface area contributed by atoms with E-state index in [1.165, 1.54) is 43.2 Å². The molecular formula is C17H22ClNO. The number of amides is 1. The Labute approximate surface area is 125 Å². The Morgan fingerprint density at radius 2 is 1.95 bits per heavy atom. The second-order valence-corrected chi connectivity index (χ2v) is 6.98. The van der Waals surface area contributed by atoms with Gasteiger partial charge in [-0.1, -0.05) is 38.3 Å². The van der Waals surface area contributed by atoms with Gasteiger partial charge in [0.05, 0.1) is 5.38 Å². The third kappa shape index (κ3) is 2.58. The maximum absolute atomic E-state index is 11.4. The highest BCUT2D eigenvalue weighted by Crippen LogP contribution is 2.49. The van der Waals surface area contributed by atoms with E-state index in [-0.39, 0.29) is 16.7 Å². The topological polar surface area (TPSA) is 29.1 Å². The summed E-state index contributed by atoms with van der Waals surface area (Å²) in [7, 11) is 0. The van der Waals surface area contributed by atoms with Gasteiger partial charge in [0.2, 0.25) is 5.91 Å². The van der Waals surface area contributed by atoms with Gasteiger partial charge in [0, 0.05) is 12.1 Å². The summed E-state index contributed by atoms with van der Waals surface area (Å²) in [4.78, 5) is 11.4. The third-order valence-corrected chi connectivity index (χ3v) is 5.70. The first-order valence-corrected chi connectivity index (χ1v) is 8.09. The van der Waals surface area contributed by atoms with E-state index in [4.69, 9.17) is 11.6 Å². The molecule has 108 valence electrons. The molecule has 0 aromatic heterocycles. The molecule has 0 saturated heterocycles. The average Bonchev–Trinajstić information content (AvgIpc) is 2.46. The van der Waals surface area contributed by atoms with Crippen LogP contribution in [-0.2, 0) is 11.2 Å². The molecule has 1 aliphatic carbocycles. The van der Waals surface area contributed by atoms with Crippen LogP contribution in [0, 0.1) is 5.41 Å². The molecule has 1 saturated carbocycles. The Morgan fingerprint density at radius 1 is 1.20 bits per heavy atom. The van der Waals surface area contributed by atoms with E-state index in [0.717, 1.165) is 12.1 Å². The van der Waals surface area contributed by atoms with E-state index in [1.54, 1.807) is 0 Å². The molecule has 1 fully saturated rings. The Hall–Kier alpha value is -1.02. The lowest BCUT2D eigenvalue weighted by Crippen LogP contribution is -2.26. The first kappa shape index (κ1) is 13.9. The fourth-order valence-corrected chi connectivity index (χ4v) is 3.93. The summed E-state index contributed by atoms with van der Waals surface area (Å²) in [6.07, 6.45) is 7.77. The monoisotopic (exact) mass is 291 g/mol. The number of benzene rings is 1. The molecule has 1 atom stereocenters. The molecule has 1 heterocycles. The zero-order valence-electron chi connectivity index (χ0n) is 12.0. The van der Waals surface area contributed by atoms with Crippen molar-refractivity contribution in [2.45, 2.75) is 57.2 Å². The zero-order chi connectivity index (χ0) is 14.2. The molecule has 1 unspecified atom stereocenters. The van der Waals surface area contributed by atoms with Crippen LogP contribution >= 0.6 is 11.6 Å². The number of anilines is 1. The number of carbonyl (C=O) groups is 1. The molecule has 1 aliphatic heterocycles. The maximum atomic E-state index is 11.4. The quantitative estimate of drug-likeness (QED) is 0.778. The lowest BCUT2D eigenvalue weighted by atomic mass is 9.71. The summed E-state index contributed by atoms with van der Waals surface area (Å²) in [5.74, 6) is 0.118. The van der Waals surface area contributed by atoms with Crippen LogP contribution in [0.3, 0.4) is 0 Å². The summed E-state index contributed by atoms with van der Waals surface area (Å²) in [5.41, 5.74) is 3.62. The van der Waals surface area contributed by atoms with E-state index in [1.807, 2.05) is 6.07 Å². The van der Waals surface area contributed by atoms with Gasteiger partial charge in [0.15, 0.2) is 0 Å². The second kappa shape index (κ2) is 5.40. The summed E-state index contributed by atoms with van der Waals surface area (Å²) in [5, 5.41) is 3.01. The van der Waals surface area contributed by atoms with Gasteiger partial charge in [-0.3, -0.25) is 4.79 Å². The normalized spacial score (nSPS) is 22.8. The smallest absolute Gasteiger partial charge is 0.224 e. The predicted molar refractivity (Wildman–Crippen MR) is 83.2 cm³/mol. The van der Waals surface area contributed by atoms with Crippen molar-refractivity contribution in [1.82, 2.24) is 0 Å². The van der Waals surface area contributed by atoms with Crippen molar-refractivity contribution >= 4 is 23.2 Å². The Balaban J connectivity index is 1.85. The number of nitrogens with one attached hydrogen (secondary N) is 1. The summed E-state index contributed by atoms with van der Waals surface area (Å²) >= 11 is 6.81. The van der Waals surface area contributed by atoms with E-state index >= 15 is 0 Å². The lowest BCUT2D eigenvalue weighted by molar-refractivity contribution is -0.116. The van der Waals surface area contributed by atoms with Crippen molar-refractivity contribution < 1.29 is 4.79 Å². The van der Waals surface area contributed by atoms with Crippen LogP contribution in [0.2, 0.25) is 0 Å². The van der Waals surface area contributed by atoms with Crippen molar-refractivity contribution in [2.75, 3.05) is 5.32 Å². The van der Waals surface area contributed by atoms with E-state index in [0.29, 0.717) is 6.42 Å².